The van der Waals surface area contributed by atoms with Crippen LogP contribution in [-0.4, -0.2) is 13.6 Å². The molecular formula is C17H37N. The molecule has 1 atom stereocenters. The summed E-state index contributed by atoms with van der Waals surface area (Å²) in [6.45, 7) is 8.23. The molecule has 0 saturated carbocycles. The van der Waals surface area contributed by atoms with Gasteiger partial charge in [0.25, 0.3) is 0 Å². The zero-order valence-corrected chi connectivity index (χ0v) is 13.5. The SMILES string of the molecule is CCCCCCCCCCC(C)(CCC)CNC. The lowest BCUT2D eigenvalue weighted by molar-refractivity contribution is 0.252. The maximum absolute atomic E-state index is 3.37. The second-order valence-electron chi connectivity index (χ2n) is 6.32. The standard InChI is InChI=1S/C17H37N/c1-5-7-8-9-10-11-12-13-15-17(3,14-6-2)16-18-4/h18H,5-16H2,1-4H3. The van der Waals surface area contributed by atoms with Crippen molar-refractivity contribution in [3.63, 3.8) is 0 Å². The first kappa shape index (κ1) is 18.0. The number of rotatable bonds is 13. The Kier molecular flexibility index (Phi) is 12.0. The summed E-state index contributed by atoms with van der Waals surface area (Å²) in [7, 11) is 2.08. The molecule has 0 fully saturated rings. The molecule has 0 aromatic heterocycles. The van der Waals surface area contributed by atoms with E-state index in [0.717, 1.165) is 0 Å². The summed E-state index contributed by atoms with van der Waals surface area (Å²) in [5, 5.41) is 3.37. The summed E-state index contributed by atoms with van der Waals surface area (Å²) in [6, 6.07) is 0. The fraction of sp³-hybridized carbons (Fsp3) is 1.00. The summed E-state index contributed by atoms with van der Waals surface area (Å²) in [4.78, 5) is 0. The van der Waals surface area contributed by atoms with E-state index in [4.69, 9.17) is 0 Å². The highest BCUT2D eigenvalue weighted by Gasteiger charge is 2.21. The molecule has 18 heavy (non-hydrogen) atoms. The Labute approximate surface area is 116 Å². The molecule has 0 amide bonds. The van der Waals surface area contributed by atoms with E-state index in [0.29, 0.717) is 5.41 Å². The second kappa shape index (κ2) is 12.0. The lowest BCUT2D eigenvalue weighted by atomic mass is 9.80. The quantitative estimate of drug-likeness (QED) is 0.426. The molecular weight excluding hydrogens is 218 g/mol. The highest BCUT2D eigenvalue weighted by atomic mass is 14.8. The van der Waals surface area contributed by atoms with Crippen LogP contribution in [0.1, 0.15) is 91.4 Å². The predicted octanol–water partition coefficient (Wildman–Crippen LogP) is 5.54. The van der Waals surface area contributed by atoms with Crippen molar-refractivity contribution < 1.29 is 0 Å². The van der Waals surface area contributed by atoms with Crippen LogP contribution in [0.15, 0.2) is 0 Å². The summed E-state index contributed by atoms with van der Waals surface area (Å²) in [5.41, 5.74) is 0.533. The first-order valence-electron chi connectivity index (χ1n) is 8.33. The third kappa shape index (κ3) is 9.94. The van der Waals surface area contributed by atoms with Crippen LogP contribution >= 0.6 is 0 Å². The monoisotopic (exact) mass is 255 g/mol. The van der Waals surface area contributed by atoms with Gasteiger partial charge in [0.15, 0.2) is 0 Å². The van der Waals surface area contributed by atoms with E-state index in [1.54, 1.807) is 0 Å². The van der Waals surface area contributed by atoms with E-state index in [1.807, 2.05) is 0 Å². The molecule has 0 heterocycles. The van der Waals surface area contributed by atoms with Crippen LogP contribution in [0.3, 0.4) is 0 Å². The predicted molar refractivity (Wildman–Crippen MR) is 84.2 cm³/mol. The number of hydrogen-bond acceptors (Lipinski definition) is 1. The molecule has 1 nitrogen and oxygen atoms in total. The molecule has 1 unspecified atom stereocenters. The average Bonchev–Trinajstić information content (AvgIpc) is 2.33. The van der Waals surface area contributed by atoms with E-state index in [2.05, 4.69) is 33.1 Å². The molecule has 0 radical (unpaired) electrons. The van der Waals surface area contributed by atoms with Crippen LogP contribution in [0.2, 0.25) is 0 Å². The average molecular weight is 255 g/mol. The van der Waals surface area contributed by atoms with Gasteiger partial charge in [0.2, 0.25) is 0 Å². The normalized spacial score (nSPS) is 14.7. The van der Waals surface area contributed by atoms with Crippen LogP contribution in [0.25, 0.3) is 0 Å². The van der Waals surface area contributed by atoms with Crippen LogP contribution in [0.4, 0.5) is 0 Å². The van der Waals surface area contributed by atoms with Gasteiger partial charge in [0.1, 0.15) is 0 Å². The summed E-state index contributed by atoms with van der Waals surface area (Å²) in [5.74, 6) is 0. The Morgan fingerprint density at radius 3 is 1.78 bits per heavy atom. The molecule has 0 spiro atoms. The van der Waals surface area contributed by atoms with Crippen molar-refractivity contribution >= 4 is 0 Å². The molecule has 1 heteroatoms. The smallest absolute Gasteiger partial charge is 0.000215 e. The van der Waals surface area contributed by atoms with Gasteiger partial charge in [-0.2, -0.15) is 0 Å². The Morgan fingerprint density at radius 2 is 1.28 bits per heavy atom. The number of hydrogen-bond donors (Lipinski definition) is 1. The molecule has 0 saturated heterocycles. The van der Waals surface area contributed by atoms with Gasteiger partial charge in [-0.3, -0.25) is 0 Å². The van der Waals surface area contributed by atoms with Gasteiger partial charge in [-0.25, -0.2) is 0 Å². The van der Waals surface area contributed by atoms with E-state index in [9.17, 15) is 0 Å². The van der Waals surface area contributed by atoms with Crippen molar-refractivity contribution in [3.8, 4) is 0 Å². The fourth-order valence-electron chi connectivity index (χ4n) is 3.02. The van der Waals surface area contributed by atoms with Gasteiger partial charge in [-0.05, 0) is 25.3 Å². The number of unbranched alkanes of at least 4 members (excludes halogenated alkanes) is 7. The van der Waals surface area contributed by atoms with Gasteiger partial charge in [-0.15, -0.1) is 0 Å². The van der Waals surface area contributed by atoms with E-state index in [1.165, 1.54) is 77.2 Å². The highest BCUT2D eigenvalue weighted by Crippen LogP contribution is 2.29. The van der Waals surface area contributed by atoms with E-state index in [-0.39, 0.29) is 0 Å². The topological polar surface area (TPSA) is 12.0 Å². The van der Waals surface area contributed by atoms with E-state index >= 15 is 0 Å². The summed E-state index contributed by atoms with van der Waals surface area (Å²) >= 11 is 0. The Hall–Kier alpha value is -0.0400. The van der Waals surface area contributed by atoms with E-state index < -0.39 is 0 Å². The van der Waals surface area contributed by atoms with Crippen molar-refractivity contribution in [3.05, 3.63) is 0 Å². The Bertz CT molecular complexity index is 159. The van der Waals surface area contributed by atoms with Gasteiger partial charge < -0.3 is 5.32 Å². The zero-order chi connectivity index (χ0) is 13.7. The van der Waals surface area contributed by atoms with Crippen molar-refractivity contribution in [1.82, 2.24) is 5.32 Å². The molecule has 0 aliphatic carbocycles. The molecule has 110 valence electrons. The third-order valence-electron chi connectivity index (χ3n) is 4.09. The van der Waals surface area contributed by atoms with Crippen LogP contribution in [-0.2, 0) is 0 Å². The van der Waals surface area contributed by atoms with Gasteiger partial charge in [-0.1, -0.05) is 78.6 Å². The number of nitrogens with one attached hydrogen (secondary N) is 1. The second-order valence-corrected chi connectivity index (χ2v) is 6.32. The molecule has 0 aromatic rings. The third-order valence-corrected chi connectivity index (χ3v) is 4.09. The maximum Gasteiger partial charge on any atom is 0.000215 e. The van der Waals surface area contributed by atoms with Gasteiger partial charge in [0.05, 0.1) is 0 Å². The first-order chi connectivity index (χ1) is 8.68. The van der Waals surface area contributed by atoms with Crippen LogP contribution < -0.4 is 5.32 Å². The molecule has 1 N–H and O–H groups in total. The molecule has 0 bridgehead atoms. The molecule has 0 aliphatic rings. The van der Waals surface area contributed by atoms with Crippen molar-refractivity contribution in [2.45, 2.75) is 91.4 Å². The first-order valence-corrected chi connectivity index (χ1v) is 8.33. The summed E-state index contributed by atoms with van der Waals surface area (Å²) in [6.07, 6.45) is 15.5. The van der Waals surface area contributed by atoms with Gasteiger partial charge in [0, 0.05) is 6.54 Å². The fourth-order valence-corrected chi connectivity index (χ4v) is 3.02. The summed E-state index contributed by atoms with van der Waals surface area (Å²) < 4.78 is 0. The highest BCUT2D eigenvalue weighted by molar-refractivity contribution is 4.75. The molecule has 0 rings (SSSR count). The lowest BCUT2D eigenvalue weighted by Gasteiger charge is -2.29. The minimum absolute atomic E-state index is 0.533. The van der Waals surface area contributed by atoms with Crippen LogP contribution in [0, 0.1) is 5.41 Å². The molecule has 0 aliphatic heterocycles. The minimum Gasteiger partial charge on any atom is -0.319 e. The van der Waals surface area contributed by atoms with Crippen LogP contribution in [0.5, 0.6) is 0 Å². The van der Waals surface area contributed by atoms with Crippen molar-refractivity contribution in [2.24, 2.45) is 5.41 Å². The minimum atomic E-state index is 0.533. The van der Waals surface area contributed by atoms with Gasteiger partial charge >= 0.3 is 0 Å². The van der Waals surface area contributed by atoms with Crippen molar-refractivity contribution in [2.75, 3.05) is 13.6 Å². The lowest BCUT2D eigenvalue weighted by Crippen LogP contribution is -2.29. The zero-order valence-electron chi connectivity index (χ0n) is 13.5. The largest absolute Gasteiger partial charge is 0.319 e. The Balaban J connectivity index is 3.49. The Morgan fingerprint density at radius 1 is 0.722 bits per heavy atom. The maximum atomic E-state index is 3.37. The van der Waals surface area contributed by atoms with Crippen molar-refractivity contribution in [1.29, 1.82) is 0 Å². The molecule has 0 aromatic carbocycles.